The minimum absolute atomic E-state index is 0.251. The maximum atomic E-state index is 14.5. The van der Waals surface area contributed by atoms with Gasteiger partial charge in [-0.05, 0) is 43.5 Å². The molecule has 4 rings (SSSR count). The molecular formula is C17H22FN3O5S. The zero-order chi connectivity index (χ0) is 19.2. The lowest BCUT2D eigenvalue weighted by Crippen LogP contribution is -2.30. The molecule has 1 unspecified atom stereocenters. The van der Waals surface area contributed by atoms with E-state index >= 15 is 0 Å². The Morgan fingerprint density at radius 2 is 2.15 bits per heavy atom. The predicted molar refractivity (Wildman–Crippen MR) is 95.1 cm³/mol. The summed E-state index contributed by atoms with van der Waals surface area (Å²) in [5, 5.41) is 10.2. The van der Waals surface area contributed by atoms with Crippen molar-refractivity contribution in [2.75, 3.05) is 43.7 Å². The average Bonchev–Trinajstić information content (AvgIpc) is 3.27. The standard InChI is InChI=1S/C17H22FN3O5S/c18-13-7-12(1-4-20-5-2-17(10-20)3-6-26-11-17)8-14(22)16(13)21-9-15(23)19-27(21,24)25/h7-8,22H,1-6,9-11H2,(H,19,23). The summed E-state index contributed by atoms with van der Waals surface area (Å²) in [6.07, 6.45) is 2.70. The number of carbonyl (C=O) groups is 1. The smallest absolute Gasteiger partial charge is 0.326 e. The maximum absolute atomic E-state index is 14.5. The van der Waals surface area contributed by atoms with Gasteiger partial charge in [-0.2, -0.15) is 8.42 Å². The number of hydrogen-bond acceptors (Lipinski definition) is 6. The van der Waals surface area contributed by atoms with Crippen molar-refractivity contribution in [2.24, 2.45) is 5.41 Å². The van der Waals surface area contributed by atoms with Crippen molar-refractivity contribution < 1.29 is 27.4 Å². The van der Waals surface area contributed by atoms with Gasteiger partial charge in [0.2, 0.25) is 0 Å². The highest BCUT2D eigenvalue weighted by molar-refractivity contribution is 7.92. The van der Waals surface area contributed by atoms with E-state index < -0.39 is 39.9 Å². The van der Waals surface area contributed by atoms with Crippen LogP contribution in [0.4, 0.5) is 10.1 Å². The highest BCUT2D eigenvalue weighted by Gasteiger charge is 2.41. The molecule has 3 heterocycles. The van der Waals surface area contributed by atoms with Crippen molar-refractivity contribution in [3.8, 4) is 5.75 Å². The van der Waals surface area contributed by atoms with E-state index in [1.54, 1.807) is 4.72 Å². The first-order valence-electron chi connectivity index (χ1n) is 8.93. The second-order valence-corrected chi connectivity index (χ2v) is 9.16. The third kappa shape index (κ3) is 3.48. The Bertz CT molecular complexity index is 846. The zero-order valence-electron chi connectivity index (χ0n) is 14.8. The highest BCUT2D eigenvalue weighted by atomic mass is 32.2. The van der Waals surface area contributed by atoms with E-state index in [9.17, 15) is 22.7 Å². The van der Waals surface area contributed by atoms with E-state index in [0.717, 1.165) is 45.7 Å². The topological polar surface area (TPSA) is 99.2 Å². The first kappa shape index (κ1) is 18.5. The van der Waals surface area contributed by atoms with Crippen molar-refractivity contribution in [3.05, 3.63) is 23.5 Å². The Morgan fingerprint density at radius 1 is 1.33 bits per heavy atom. The minimum Gasteiger partial charge on any atom is -0.506 e. The Labute approximate surface area is 157 Å². The molecule has 0 radical (unpaired) electrons. The van der Waals surface area contributed by atoms with Gasteiger partial charge in [0.15, 0.2) is 5.82 Å². The molecule has 10 heteroatoms. The van der Waals surface area contributed by atoms with Crippen molar-refractivity contribution >= 4 is 21.8 Å². The lowest BCUT2D eigenvalue weighted by Gasteiger charge is -2.22. The number of phenolic OH excluding ortho intramolecular Hbond substituents is 1. The lowest BCUT2D eigenvalue weighted by atomic mass is 9.87. The maximum Gasteiger partial charge on any atom is 0.326 e. The normalized spacial score (nSPS) is 27.6. The number of halogens is 1. The van der Waals surface area contributed by atoms with E-state index in [1.807, 2.05) is 0 Å². The Morgan fingerprint density at radius 3 is 2.78 bits per heavy atom. The molecule has 0 bridgehead atoms. The zero-order valence-corrected chi connectivity index (χ0v) is 15.6. The fourth-order valence-corrected chi connectivity index (χ4v) is 5.32. The Hall–Kier alpha value is -1.91. The molecule has 1 aromatic rings. The second kappa shape index (κ2) is 6.61. The SMILES string of the molecule is O=C1CN(c2c(O)cc(CCN3CCC4(CCOC4)C3)cc2F)S(=O)(=O)N1. The number of aromatic hydroxyl groups is 1. The number of benzene rings is 1. The van der Waals surface area contributed by atoms with Gasteiger partial charge in [-0.25, -0.2) is 13.4 Å². The summed E-state index contributed by atoms with van der Waals surface area (Å²) in [6.45, 7) is 3.71. The average molecular weight is 399 g/mol. The first-order chi connectivity index (χ1) is 12.8. The van der Waals surface area contributed by atoms with Crippen LogP contribution in [0.1, 0.15) is 18.4 Å². The molecule has 0 aromatic heterocycles. The van der Waals surface area contributed by atoms with Crippen LogP contribution in [0.15, 0.2) is 12.1 Å². The van der Waals surface area contributed by atoms with Crippen LogP contribution in [0.2, 0.25) is 0 Å². The van der Waals surface area contributed by atoms with Gasteiger partial charge in [-0.15, -0.1) is 0 Å². The van der Waals surface area contributed by atoms with E-state index in [-0.39, 0.29) is 5.41 Å². The van der Waals surface area contributed by atoms with E-state index in [4.69, 9.17) is 4.74 Å². The number of hydrogen-bond donors (Lipinski definition) is 2. The molecule has 3 aliphatic rings. The van der Waals surface area contributed by atoms with Crippen LogP contribution in [0, 0.1) is 11.2 Å². The van der Waals surface area contributed by atoms with Gasteiger partial charge in [0.05, 0.1) is 6.61 Å². The number of carbonyl (C=O) groups excluding carboxylic acids is 1. The molecule has 1 atom stereocenters. The monoisotopic (exact) mass is 399 g/mol. The van der Waals surface area contributed by atoms with Gasteiger partial charge in [0.25, 0.3) is 5.91 Å². The summed E-state index contributed by atoms with van der Waals surface area (Å²) < 4.78 is 46.1. The minimum atomic E-state index is -4.17. The number of anilines is 1. The van der Waals surface area contributed by atoms with E-state index in [2.05, 4.69) is 4.90 Å². The fourth-order valence-electron chi connectivity index (χ4n) is 4.15. The molecule has 8 nitrogen and oxygen atoms in total. The molecule has 3 fully saturated rings. The van der Waals surface area contributed by atoms with Crippen molar-refractivity contribution in [1.29, 1.82) is 0 Å². The summed E-state index contributed by atoms with van der Waals surface area (Å²) in [4.78, 5) is 13.6. The van der Waals surface area contributed by atoms with Crippen LogP contribution < -0.4 is 9.03 Å². The van der Waals surface area contributed by atoms with Crippen molar-refractivity contribution in [2.45, 2.75) is 19.3 Å². The summed E-state index contributed by atoms with van der Waals surface area (Å²) in [5.41, 5.74) is 0.328. The van der Waals surface area contributed by atoms with Crippen LogP contribution >= 0.6 is 0 Å². The van der Waals surface area contributed by atoms with E-state index in [1.165, 1.54) is 12.1 Å². The number of amides is 1. The molecule has 1 spiro atoms. The molecule has 0 saturated carbocycles. The summed E-state index contributed by atoms with van der Waals surface area (Å²) in [7, 11) is -4.17. The van der Waals surface area contributed by atoms with Crippen molar-refractivity contribution in [3.63, 3.8) is 0 Å². The summed E-state index contributed by atoms with van der Waals surface area (Å²) >= 11 is 0. The lowest BCUT2D eigenvalue weighted by molar-refractivity contribution is -0.117. The molecule has 27 heavy (non-hydrogen) atoms. The highest BCUT2D eigenvalue weighted by Crippen LogP contribution is 2.38. The van der Waals surface area contributed by atoms with Gasteiger partial charge < -0.3 is 14.7 Å². The molecule has 3 aliphatic heterocycles. The molecule has 1 aromatic carbocycles. The van der Waals surface area contributed by atoms with Crippen LogP contribution in [0.5, 0.6) is 5.75 Å². The van der Waals surface area contributed by atoms with Crippen LogP contribution in [-0.4, -0.2) is 63.7 Å². The molecule has 1 amide bonds. The quantitative estimate of drug-likeness (QED) is 0.759. The molecule has 2 N–H and O–H groups in total. The Balaban J connectivity index is 1.45. The van der Waals surface area contributed by atoms with Gasteiger partial charge in [0.1, 0.15) is 18.0 Å². The number of phenols is 1. The van der Waals surface area contributed by atoms with Crippen LogP contribution in [0.3, 0.4) is 0 Å². The number of nitrogens with zero attached hydrogens (tertiary/aromatic N) is 2. The number of rotatable bonds is 4. The summed E-state index contributed by atoms with van der Waals surface area (Å²) in [5.74, 6) is -2.13. The molecule has 3 saturated heterocycles. The van der Waals surface area contributed by atoms with Crippen LogP contribution in [-0.2, 0) is 26.2 Å². The number of nitrogens with one attached hydrogen (secondary N) is 1. The van der Waals surface area contributed by atoms with Gasteiger partial charge in [-0.1, -0.05) is 0 Å². The number of likely N-dealkylation sites (tertiary alicyclic amines) is 1. The largest absolute Gasteiger partial charge is 0.506 e. The van der Waals surface area contributed by atoms with Crippen LogP contribution in [0.25, 0.3) is 0 Å². The predicted octanol–water partition coefficient (Wildman–Crippen LogP) is 0.367. The second-order valence-electron chi connectivity index (χ2n) is 7.56. The number of ether oxygens (including phenoxy) is 1. The summed E-state index contributed by atoms with van der Waals surface area (Å²) in [6, 6.07) is 2.58. The third-order valence-corrected chi connectivity index (χ3v) is 6.97. The fraction of sp³-hybridized carbons (Fsp3) is 0.588. The van der Waals surface area contributed by atoms with E-state index in [0.29, 0.717) is 16.3 Å². The van der Waals surface area contributed by atoms with Gasteiger partial charge >= 0.3 is 10.2 Å². The first-order valence-corrected chi connectivity index (χ1v) is 10.4. The van der Waals surface area contributed by atoms with Gasteiger partial charge in [-0.3, -0.25) is 4.79 Å². The molecule has 148 valence electrons. The van der Waals surface area contributed by atoms with Crippen molar-refractivity contribution in [1.82, 2.24) is 9.62 Å². The third-order valence-electron chi connectivity index (χ3n) is 5.59. The molecular weight excluding hydrogens is 377 g/mol. The van der Waals surface area contributed by atoms with Gasteiger partial charge in [0, 0.05) is 25.1 Å². The Kier molecular flexibility index (Phi) is 4.52. The molecule has 0 aliphatic carbocycles.